The van der Waals surface area contributed by atoms with E-state index in [2.05, 4.69) is 0 Å². The molecule has 1 aromatic carbocycles. The highest BCUT2D eigenvalue weighted by Crippen LogP contribution is 2.70. The van der Waals surface area contributed by atoms with Crippen molar-refractivity contribution in [2.45, 2.75) is 19.3 Å². The highest BCUT2D eigenvalue weighted by molar-refractivity contribution is 5.97. The zero-order chi connectivity index (χ0) is 11.3. The molecule has 1 atom stereocenters. The minimum Gasteiger partial charge on any atom is -0.315 e. The summed E-state index contributed by atoms with van der Waals surface area (Å²) in [7, 11) is 1.73. The first kappa shape index (κ1) is 9.82. The van der Waals surface area contributed by atoms with Crippen LogP contribution in [0.1, 0.15) is 19.3 Å². The summed E-state index contributed by atoms with van der Waals surface area (Å²) in [5, 5.41) is 0. The number of hydrogen-bond acceptors (Lipinski definition) is 1. The summed E-state index contributed by atoms with van der Waals surface area (Å²) >= 11 is 0. The van der Waals surface area contributed by atoms with E-state index in [1.54, 1.807) is 24.1 Å². The van der Waals surface area contributed by atoms with Crippen molar-refractivity contribution in [2.75, 3.05) is 11.9 Å². The van der Waals surface area contributed by atoms with Gasteiger partial charge < -0.3 is 4.90 Å². The molecule has 0 N–H and O–H groups in total. The molecule has 1 spiro atoms. The first-order valence-corrected chi connectivity index (χ1v) is 5.66. The van der Waals surface area contributed by atoms with Gasteiger partial charge in [0.15, 0.2) is 0 Å². The molecule has 2 saturated carbocycles. The Morgan fingerprint density at radius 3 is 2.81 bits per heavy atom. The van der Waals surface area contributed by atoms with Crippen molar-refractivity contribution in [2.24, 2.45) is 11.3 Å². The van der Waals surface area contributed by atoms with Gasteiger partial charge in [0.2, 0.25) is 5.91 Å². The number of amides is 1. The number of nitrogens with zero attached hydrogens (tertiary/aromatic N) is 1. The first-order chi connectivity index (χ1) is 7.62. The lowest BCUT2D eigenvalue weighted by atomic mass is 10.2. The van der Waals surface area contributed by atoms with E-state index < -0.39 is 0 Å². The van der Waals surface area contributed by atoms with Gasteiger partial charge in [-0.3, -0.25) is 4.79 Å². The molecule has 0 aliphatic heterocycles. The van der Waals surface area contributed by atoms with E-state index in [-0.39, 0.29) is 17.6 Å². The zero-order valence-corrected chi connectivity index (χ0v) is 9.24. The molecule has 3 rings (SSSR count). The fourth-order valence-corrected chi connectivity index (χ4v) is 2.46. The Hall–Kier alpha value is -1.38. The van der Waals surface area contributed by atoms with Crippen LogP contribution in [0.3, 0.4) is 0 Å². The monoisotopic (exact) mass is 219 g/mol. The molecule has 1 amide bonds. The summed E-state index contributed by atoms with van der Waals surface area (Å²) in [5.74, 6) is 0.0398. The van der Waals surface area contributed by atoms with E-state index in [1.165, 1.54) is 25.0 Å². The van der Waals surface area contributed by atoms with Gasteiger partial charge >= 0.3 is 0 Å². The number of halogens is 1. The Kier molecular flexibility index (Phi) is 1.88. The number of carbonyl (C=O) groups is 1. The van der Waals surface area contributed by atoms with Gasteiger partial charge in [-0.15, -0.1) is 0 Å². The van der Waals surface area contributed by atoms with Crippen LogP contribution in [0.15, 0.2) is 24.3 Å². The van der Waals surface area contributed by atoms with Crippen LogP contribution in [0.5, 0.6) is 0 Å². The molecule has 0 bridgehead atoms. The minimum absolute atomic E-state index is 0.142. The van der Waals surface area contributed by atoms with E-state index >= 15 is 0 Å². The molecule has 1 aromatic rings. The molecule has 84 valence electrons. The van der Waals surface area contributed by atoms with Crippen LogP contribution >= 0.6 is 0 Å². The van der Waals surface area contributed by atoms with Crippen molar-refractivity contribution in [1.29, 1.82) is 0 Å². The molecule has 1 unspecified atom stereocenters. The second-order valence-corrected chi connectivity index (χ2v) is 5.00. The van der Waals surface area contributed by atoms with Crippen LogP contribution in [0.2, 0.25) is 0 Å². The highest BCUT2D eigenvalue weighted by atomic mass is 19.1. The Morgan fingerprint density at radius 1 is 1.50 bits per heavy atom. The van der Waals surface area contributed by atoms with Crippen molar-refractivity contribution in [3.8, 4) is 0 Å². The van der Waals surface area contributed by atoms with Crippen molar-refractivity contribution in [3.05, 3.63) is 30.1 Å². The number of carbonyl (C=O) groups excluding carboxylic acids is 1. The molecular weight excluding hydrogens is 205 g/mol. The van der Waals surface area contributed by atoms with Crippen molar-refractivity contribution in [1.82, 2.24) is 0 Å². The van der Waals surface area contributed by atoms with Crippen LogP contribution in [0.25, 0.3) is 0 Å². The molecule has 0 saturated heterocycles. The molecule has 2 aliphatic rings. The van der Waals surface area contributed by atoms with Crippen LogP contribution in [0, 0.1) is 17.2 Å². The third kappa shape index (κ3) is 1.42. The van der Waals surface area contributed by atoms with Crippen molar-refractivity contribution >= 4 is 11.6 Å². The Labute approximate surface area is 94.1 Å². The van der Waals surface area contributed by atoms with Crippen LogP contribution < -0.4 is 4.90 Å². The average molecular weight is 219 g/mol. The molecule has 3 heteroatoms. The van der Waals surface area contributed by atoms with E-state index in [0.717, 1.165) is 6.42 Å². The van der Waals surface area contributed by atoms with Gasteiger partial charge in [-0.2, -0.15) is 0 Å². The third-order valence-corrected chi connectivity index (χ3v) is 3.91. The molecule has 2 nitrogen and oxygen atoms in total. The lowest BCUT2D eigenvalue weighted by Crippen LogP contribution is -2.28. The molecule has 0 radical (unpaired) electrons. The van der Waals surface area contributed by atoms with Crippen molar-refractivity contribution < 1.29 is 9.18 Å². The van der Waals surface area contributed by atoms with E-state index in [0.29, 0.717) is 11.1 Å². The SMILES string of the molecule is CN(C(=O)C1CC12CC2)c1cccc(F)c1. The predicted octanol–water partition coefficient (Wildman–Crippen LogP) is 2.59. The normalized spacial score (nSPS) is 24.2. The van der Waals surface area contributed by atoms with Crippen LogP contribution in [-0.2, 0) is 4.79 Å². The van der Waals surface area contributed by atoms with Gasteiger partial charge in [0.1, 0.15) is 5.82 Å². The van der Waals surface area contributed by atoms with Crippen LogP contribution in [0.4, 0.5) is 10.1 Å². The minimum atomic E-state index is -0.297. The topological polar surface area (TPSA) is 20.3 Å². The fraction of sp³-hybridized carbons (Fsp3) is 0.462. The standard InChI is InChI=1S/C13H14FNO/c1-15(10-4-2-3-9(14)7-10)12(16)11-8-13(11)5-6-13/h2-4,7,11H,5-6,8H2,1H3. The molecule has 16 heavy (non-hydrogen) atoms. The number of rotatable bonds is 2. The molecule has 0 heterocycles. The summed E-state index contributed by atoms with van der Waals surface area (Å²) in [4.78, 5) is 13.7. The predicted molar refractivity (Wildman–Crippen MR) is 59.6 cm³/mol. The maximum absolute atomic E-state index is 13.0. The Morgan fingerprint density at radius 2 is 2.25 bits per heavy atom. The summed E-state index contributed by atoms with van der Waals surface area (Å²) < 4.78 is 13.0. The second kappa shape index (κ2) is 3.06. The van der Waals surface area contributed by atoms with Crippen molar-refractivity contribution in [3.63, 3.8) is 0 Å². The molecule has 0 aromatic heterocycles. The van der Waals surface area contributed by atoms with E-state index in [9.17, 15) is 9.18 Å². The molecule has 2 aliphatic carbocycles. The average Bonchev–Trinajstić information content (AvgIpc) is 3.18. The Bertz CT molecular complexity index is 453. The van der Waals surface area contributed by atoms with E-state index in [1.807, 2.05) is 0 Å². The van der Waals surface area contributed by atoms with E-state index in [4.69, 9.17) is 0 Å². The summed E-state index contributed by atoms with van der Waals surface area (Å²) in [5.41, 5.74) is 1.01. The lowest BCUT2D eigenvalue weighted by molar-refractivity contribution is -0.119. The van der Waals surface area contributed by atoms with Gasteiger partial charge in [-0.1, -0.05) is 6.07 Å². The van der Waals surface area contributed by atoms with Gasteiger partial charge in [-0.05, 0) is 42.9 Å². The van der Waals surface area contributed by atoms with Gasteiger partial charge in [0.25, 0.3) is 0 Å². The number of hydrogen-bond donors (Lipinski definition) is 0. The summed E-state index contributed by atoms with van der Waals surface area (Å²) in [6.07, 6.45) is 3.42. The number of anilines is 1. The van der Waals surface area contributed by atoms with Gasteiger partial charge in [0, 0.05) is 18.7 Å². The quantitative estimate of drug-likeness (QED) is 0.748. The summed E-state index contributed by atoms with van der Waals surface area (Å²) in [6, 6.07) is 6.19. The first-order valence-electron chi connectivity index (χ1n) is 5.66. The molecular formula is C13H14FNO. The third-order valence-electron chi connectivity index (χ3n) is 3.91. The molecule has 2 fully saturated rings. The maximum Gasteiger partial charge on any atom is 0.230 e. The lowest BCUT2D eigenvalue weighted by Gasteiger charge is -2.17. The summed E-state index contributed by atoms with van der Waals surface area (Å²) in [6.45, 7) is 0. The highest BCUT2D eigenvalue weighted by Gasteiger charge is 2.66. The zero-order valence-electron chi connectivity index (χ0n) is 9.24. The largest absolute Gasteiger partial charge is 0.315 e. The van der Waals surface area contributed by atoms with Crippen LogP contribution in [-0.4, -0.2) is 13.0 Å². The maximum atomic E-state index is 13.0. The number of benzene rings is 1. The van der Waals surface area contributed by atoms with Gasteiger partial charge in [-0.25, -0.2) is 4.39 Å². The second-order valence-electron chi connectivity index (χ2n) is 5.00. The van der Waals surface area contributed by atoms with Gasteiger partial charge in [0.05, 0.1) is 0 Å². The fourth-order valence-electron chi connectivity index (χ4n) is 2.46. The Balaban J connectivity index is 1.77. The smallest absolute Gasteiger partial charge is 0.230 e.